The molecule has 2 aliphatic heterocycles. The largest absolute Gasteiger partial charge is 0.436 e. The van der Waals surface area contributed by atoms with E-state index < -0.39 is 18.2 Å². The summed E-state index contributed by atoms with van der Waals surface area (Å²) >= 11 is 0. The average Bonchev–Trinajstić information content (AvgIpc) is 2.08. The summed E-state index contributed by atoms with van der Waals surface area (Å²) in [4.78, 5) is 26.7. The van der Waals surface area contributed by atoms with Gasteiger partial charge in [0.1, 0.15) is 0 Å². The third kappa shape index (κ3) is 1.48. The first kappa shape index (κ1) is 9.45. The third-order valence-corrected chi connectivity index (χ3v) is 2.63. The highest BCUT2D eigenvalue weighted by molar-refractivity contribution is 6.29. The van der Waals surface area contributed by atoms with Crippen molar-refractivity contribution in [3.05, 3.63) is 0 Å². The van der Waals surface area contributed by atoms with Crippen molar-refractivity contribution in [3.8, 4) is 0 Å². The number of hydrogen-bond acceptors (Lipinski definition) is 5. The molecule has 0 bridgehead atoms. The van der Waals surface area contributed by atoms with Gasteiger partial charge in [0.2, 0.25) is 0 Å². The number of piperidine rings is 1. The Morgan fingerprint density at radius 3 is 2.71 bits per heavy atom. The molecule has 0 amide bonds. The fourth-order valence-corrected chi connectivity index (χ4v) is 2.09. The molecule has 2 heterocycles. The Labute approximate surface area is 81.9 Å². The monoisotopic (exact) mass is 199 g/mol. The number of esters is 1. The lowest BCUT2D eigenvalue weighted by Crippen LogP contribution is -2.55. The van der Waals surface area contributed by atoms with Crippen molar-refractivity contribution in [2.24, 2.45) is 11.8 Å². The van der Waals surface area contributed by atoms with E-state index in [1.165, 1.54) is 5.06 Å². The Hall–Kier alpha value is -1.10. The lowest BCUT2D eigenvalue weighted by atomic mass is 9.91. The highest BCUT2D eigenvalue weighted by atomic mass is 16.8. The summed E-state index contributed by atoms with van der Waals surface area (Å²) in [6.07, 6.45) is 0.586. The van der Waals surface area contributed by atoms with E-state index in [1.54, 1.807) is 0 Å². The smallest absolute Gasteiger partial charge is 0.434 e. The van der Waals surface area contributed by atoms with Crippen molar-refractivity contribution >= 4 is 11.9 Å². The SMILES string of the molecule is CC1CC(C)C2OC(=O)C(=O)ON2C1. The van der Waals surface area contributed by atoms with Crippen LogP contribution in [0.4, 0.5) is 0 Å². The van der Waals surface area contributed by atoms with Gasteiger partial charge in [0.15, 0.2) is 6.23 Å². The molecular formula is C9H13NO4. The molecule has 2 fully saturated rings. The van der Waals surface area contributed by atoms with Crippen molar-refractivity contribution in [1.82, 2.24) is 5.06 Å². The first-order chi connectivity index (χ1) is 6.58. The minimum atomic E-state index is -0.914. The van der Waals surface area contributed by atoms with Crippen LogP contribution in [0.3, 0.4) is 0 Å². The maximum Gasteiger partial charge on any atom is 0.436 e. The molecule has 5 nitrogen and oxygen atoms in total. The maximum absolute atomic E-state index is 11.0. The van der Waals surface area contributed by atoms with Crippen molar-refractivity contribution < 1.29 is 19.2 Å². The van der Waals surface area contributed by atoms with Crippen LogP contribution in [0.15, 0.2) is 0 Å². The van der Waals surface area contributed by atoms with E-state index in [0.29, 0.717) is 12.5 Å². The van der Waals surface area contributed by atoms with E-state index in [9.17, 15) is 9.59 Å². The first-order valence-electron chi connectivity index (χ1n) is 4.77. The summed E-state index contributed by atoms with van der Waals surface area (Å²) in [5.41, 5.74) is 0. The van der Waals surface area contributed by atoms with E-state index in [4.69, 9.17) is 9.57 Å². The molecule has 0 saturated carbocycles. The van der Waals surface area contributed by atoms with Gasteiger partial charge in [0.05, 0.1) is 0 Å². The molecule has 0 N–H and O–H groups in total. The fourth-order valence-electron chi connectivity index (χ4n) is 2.09. The second-order valence-electron chi connectivity index (χ2n) is 4.09. The van der Waals surface area contributed by atoms with Gasteiger partial charge in [0, 0.05) is 12.5 Å². The van der Waals surface area contributed by atoms with Gasteiger partial charge in [0.25, 0.3) is 0 Å². The van der Waals surface area contributed by atoms with Crippen LogP contribution in [-0.4, -0.2) is 29.8 Å². The Bertz CT molecular complexity index is 278. The second kappa shape index (κ2) is 3.24. The van der Waals surface area contributed by atoms with E-state index >= 15 is 0 Å². The van der Waals surface area contributed by atoms with Gasteiger partial charge in [-0.3, -0.25) is 0 Å². The minimum Gasteiger partial charge on any atom is -0.434 e. The summed E-state index contributed by atoms with van der Waals surface area (Å²) in [7, 11) is 0. The van der Waals surface area contributed by atoms with Crippen LogP contribution in [0, 0.1) is 11.8 Å². The van der Waals surface area contributed by atoms with Gasteiger partial charge in [-0.1, -0.05) is 18.9 Å². The van der Waals surface area contributed by atoms with Crippen LogP contribution in [0.25, 0.3) is 0 Å². The summed E-state index contributed by atoms with van der Waals surface area (Å²) in [5.74, 6) is -1.14. The molecule has 5 heteroatoms. The number of carbonyl (C=O) groups excluding carboxylic acids is 2. The Morgan fingerprint density at radius 1 is 1.29 bits per heavy atom. The zero-order valence-corrected chi connectivity index (χ0v) is 8.23. The first-order valence-corrected chi connectivity index (χ1v) is 4.77. The molecule has 0 spiro atoms. The Balaban J connectivity index is 2.13. The average molecular weight is 199 g/mol. The van der Waals surface area contributed by atoms with Crippen LogP contribution in [-0.2, 0) is 19.2 Å². The zero-order valence-electron chi connectivity index (χ0n) is 8.23. The molecule has 0 radical (unpaired) electrons. The van der Waals surface area contributed by atoms with Crippen LogP contribution in [0.2, 0.25) is 0 Å². The van der Waals surface area contributed by atoms with Crippen molar-refractivity contribution in [1.29, 1.82) is 0 Å². The van der Waals surface area contributed by atoms with Crippen LogP contribution < -0.4 is 0 Å². The summed E-state index contributed by atoms with van der Waals surface area (Å²) in [6.45, 7) is 4.70. The van der Waals surface area contributed by atoms with Gasteiger partial charge >= 0.3 is 11.9 Å². The standard InChI is InChI=1S/C9H13NO4/c1-5-3-6(2)7-10(4-5)14-9(12)8(11)13-7/h5-7H,3-4H2,1-2H3. The number of rotatable bonds is 0. The van der Waals surface area contributed by atoms with Crippen LogP contribution in [0.5, 0.6) is 0 Å². The molecule has 14 heavy (non-hydrogen) atoms. The van der Waals surface area contributed by atoms with Crippen LogP contribution in [0.1, 0.15) is 20.3 Å². The lowest BCUT2D eigenvalue weighted by molar-refractivity contribution is -0.288. The summed E-state index contributed by atoms with van der Waals surface area (Å²) < 4.78 is 4.98. The number of carbonyl (C=O) groups is 2. The van der Waals surface area contributed by atoms with Crippen molar-refractivity contribution in [2.75, 3.05) is 6.54 Å². The highest BCUT2D eigenvalue weighted by Crippen LogP contribution is 2.30. The second-order valence-corrected chi connectivity index (χ2v) is 4.09. The highest BCUT2D eigenvalue weighted by Gasteiger charge is 2.43. The topological polar surface area (TPSA) is 55.8 Å². The van der Waals surface area contributed by atoms with Gasteiger partial charge in [-0.05, 0) is 12.3 Å². The van der Waals surface area contributed by atoms with Gasteiger partial charge in [-0.15, -0.1) is 0 Å². The van der Waals surface area contributed by atoms with Gasteiger partial charge < -0.3 is 9.57 Å². The molecule has 0 aromatic heterocycles. The molecule has 3 unspecified atom stereocenters. The molecule has 0 aliphatic carbocycles. The lowest BCUT2D eigenvalue weighted by Gasteiger charge is -2.41. The molecule has 2 saturated heterocycles. The van der Waals surface area contributed by atoms with E-state index in [-0.39, 0.29) is 5.92 Å². The third-order valence-electron chi connectivity index (χ3n) is 2.63. The Morgan fingerprint density at radius 2 is 2.00 bits per heavy atom. The predicted octanol–water partition coefficient (Wildman–Crippen LogP) is 0.305. The zero-order chi connectivity index (χ0) is 10.3. The number of fused-ring (bicyclic) bond motifs is 1. The summed E-state index contributed by atoms with van der Waals surface area (Å²) in [5, 5.41) is 1.47. The van der Waals surface area contributed by atoms with E-state index in [1.807, 2.05) is 6.92 Å². The van der Waals surface area contributed by atoms with E-state index in [0.717, 1.165) is 6.42 Å². The molecule has 3 atom stereocenters. The van der Waals surface area contributed by atoms with Crippen LogP contribution >= 0.6 is 0 Å². The predicted molar refractivity (Wildman–Crippen MR) is 45.6 cm³/mol. The molecule has 0 aromatic carbocycles. The normalized spacial score (nSPS) is 38.6. The molecule has 2 aliphatic rings. The summed E-state index contributed by atoms with van der Waals surface area (Å²) in [6, 6.07) is 0. The van der Waals surface area contributed by atoms with Crippen molar-refractivity contribution in [2.45, 2.75) is 26.5 Å². The Kier molecular flexibility index (Phi) is 2.19. The number of hydrogen-bond donors (Lipinski definition) is 0. The molecule has 2 rings (SSSR count). The van der Waals surface area contributed by atoms with Gasteiger partial charge in [-0.25, -0.2) is 9.59 Å². The molecule has 78 valence electrons. The minimum absolute atomic E-state index is 0.204. The number of hydroxylamine groups is 2. The number of ether oxygens (including phenoxy) is 1. The quantitative estimate of drug-likeness (QED) is 0.415. The van der Waals surface area contributed by atoms with Gasteiger partial charge in [-0.2, -0.15) is 0 Å². The molecular weight excluding hydrogens is 186 g/mol. The van der Waals surface area contributed by atoms with E-state index in [2.05, 4.69) is 6.92 Å². The number of nitrogens with zero attached hydrogens (tertiary/aromatic N) is 1. The maximum atomic E-state index is 11.0. The fraction of sp³-hybridized carbons (Fsp3) is 0.778. The molecule has 0 aromatic rings. The van der Waals surface area contributed by atoms with Crippen molar-refractivity contribution in [3.63, 3.8) is 0 Å².